The number of hydrogen-bond acceptors (Lipinski definition) is 2. The molecule has 1 heterocycles. The number of halogens is 1. The molecule has 0 saturated carbocycles. The zero-order valence-electron chi connectivity index (χ0n) is 8.83. The SMILES string of the molecule is CCCC(=O)N1CC(CBr)OCC1C. The van der Waals surface area contributed by atoms with Crippen LogP contribution >= 0.6 is 15.9 Å². The molecule has 0 aromatic carbocycles. The summed E-state index contributed by atoms with van der Waals surface area (Å²) < 4.78 is 5.56. The molecule has 0 aromatic rings. The highest BCUT2D eigenvalue weighted by molar-refractivity contribution is 9.09. The van der Waals surface area contributed by atoms with Crippen LogP contribution in [0.5, 0.6) is 0 Å². The standard InChI is InChI=1S/C10H18BrNO2/c1-3-4-10(13)12-6-9(5-11)14-7-8(12)2/h8-9H,3-7H2,1-2H3. The molecule has 2 atom stereocenters. The number of carbonyl (C=O) groups excluding carboxylic acids is 1. The van der Waals surface area contributed by atoms with Crippen molar-refractivity contribution in [1.82, 2.24) is 4.90 Å². The van der Waals surface area contributed by atoms with Crippen LogP contribution in [-0.2, 0) is 9.53 Å². The van der Waals surface area contributed by atoms with Gasteiger partial charge in [0.05, 0.1) is 18.8 Å². The molecule has 1 rings (SSSR count). The van der Waals surface area contributed by atoms with E-state index in [9.17, 15) is 4.79 Å². The largest absolute Gasteiger partial charge is 0.373 e. The summed E-state index contributed by atoms with van der Waals surface area (Å²) in [4.78, 5) is 13.7. The van der Waals surface area contributed by atoms with E-state index >= 15 is 0 Å². The van der Waals surface area contributed by atoms with Crippen LogP contribution in [0.3, 0.4) is 0 Å². The molecule has 2 unspecified atom stereocenters. The van der Waals surface area contributed by atoms with Gasteiger partial charge in [0.1, 0.15) is 0 Å². The number of ether oxygens (including phenoxy) is 1. The van der Waals surface area contributed by atoms with Gasteiger partial charge in [-0.05, 0) is 13.3 Å². The first-order valence-electron chi connectivity index (χ1n) is 5.16. The minimum Gasteiger partial charge on any atom is -0.373 e. The molecular weight excluding hydrogens is 246 g/mol. The predicted molar refractivity (Wildman–Crippen MR) is 59.6 cm³/mol. The van der Waals surface area contributed by atoms with E-state index in [0.717, 1.165) is 18.3 Å². The van der Waals surface area contributed by atoms with E-state index in [-0.39, 0.29) is 18.1 Å². The Morgan fingerprint density at radius 3 is 2.93 bits per heavy atom. The molecule has 0 N–H and O–H groups in total. The lowest BCUT2D eigenvalue weighted by molar-refractivity contribution is -0.142. The number of hydrogen-bond donors (Lipinski definition) is 0. The Kier molecular flexibility index (Phi) is 4.89. The summed E-state index contributed by atoms with van der Waals surface area (Å²) in [5.41, 5.74) is 0. The second-order valence-corrected chi connectivity index (χ2v) is 4.40. The maximum atomic E-state index is 11.7. The Bertz CT molecular complexity index is 199. The quantitative estimate of drug-likeness (QED) is 0.727. The molecule has 0 spiro atoms. The van der Waals surface area contributed by atoms with Crippen molar-refractivity contribution in [3.63, 3.8) is 0 Å². The van der Waals surface area contributed by atoms with E-state index in [1.807, 2.05) is 18.7 Å². The van der Waals surface area contributed by atoms with Gasteiger partial charge in [0.15, 0.2) is 0 Å². The summed E-state index contributed by atoms with van der Waals surface area (Å²) in [5, 5.41) is 0.801. The van der Waals surface area contributed by atoms with Crippen LogP contribution in [0.25, 0.3) is 0 Å². The van der Waals surface area contributed by atoms with Crippen LogP contribution in [-0.4, -0.2) is 41.4 Å². The highest BCUT2D eigenvalue weighted by Gasteiger charge is 2.28. The van der Waals surface area contributed by atoms with Gasteiger partial charge in [-0.15, -0.1) is 0 Å². The molecule has 14 heavy (non-hydrogen) atoms. The fourth-order valence-corrected chi connectivity index (χ4v) is 2.01. The van der Waals surface area contributed by atoms with E-state index in [0.29, 0.717) is 13.0 Å². The fraction of sp³-hybridized carbons (Fsp3) is 0.900. The highest BCUT2D eigenvalue weighted by Crippen LogP contribution is 2.14. The van der Waals surface area contributed by atoms with E-state index in [4.69, 9.17) is 4.74 Å². The average molecular weight is 264 g/mol. The molecule has 1 aliphatic rings. The maximum Gasteiger partial charge on any atom is 0.222 e. The van der Waals surface area contributed by atoms with Gasteiger partial charge in [0, 0.05) is 18.3 Å². The lowest BCUT2D eigenvalue weighted by atomic mass is 10.2. The minimum atomic E-state index is 0.159. The van der Waals surface area contributed by atoms with Gasteiger partial charge in [-0.3, -0.25) is 4.79 Å². The summed E-state index contributed by atoms with van der Waals surface area (Å²) in [7, 11) is 0. The lowest BCUT2D eigenvalue weighted by Crippen LogP contribution is -2.51. The van der Waals surface area contributed by atoms with Gasteiger partial charge in [-0.2, -0.15) is 0 Å². The minimum absolute atomic E-state index is 0.159. The van der Waals surface area contributed by atoms with Gasteiger partial charge < -0.3 is 9.64 Å². The molecular formula is C10H18BrNO2. The number of rotatable bonds is 3. The van der Waals surface area contributed by atoms with Crippen molar-refractivity contribution in [3.8, 4) is 0 Å². The first kappa shape index (κ1) is 12.0. The van der Waals surface area contributed by atoms with Crippen molar-refractivity contribution in [1.29, 1.82) is 0 Å². The van der Waals surface area contributed by atoms with Crippen molar-refractivity contribution in [2.24, 2.45) is 0 Å². The average Bonchev–Trinajstić information content (AvgIpc) is 2.19. The monoisotopic (exact) mass is 263 g/mol. The molecule has 0 aromatic heterocycles. The van der Waals surface area contributed by atoms with Crippen LogP contribution in [0, 0.1) is 0 Å². The molecule has 1 amide bonds. The molecule has 0 bridgehead atoms. The summed E-state index contributed by atoms with van der Waals surface area (Å²) in [6, 6.07) is 0.226. The van der Waals surface area contributed by atoms with Gasteiger partial charge in [-0.1, -0.05) is 22.9 Å². The third-order valence-electron chi connectivity index (χ3n) is 2.46. The topological polar surface area (TPSA) is 29.5 Å². The van der Waals surface area contributed by atoms with Gasteiger partial charge in [-0.25, -0.2) is 0 Å². The lowest BCUT2D eigenvalue weighted by Gasteiger charge is -2.37. The number of nitrogens with zero attached hydrogens (tertiary/aromatic N) is 1. The first-order valence-corrected chi connectivity index (χ1v) is 6.28. The van der Waals surface area contributed by atoms with Crippen molar-refractivity contribution in [2.45, 2.75) is 38.8 Å². The van der Waals surface area contributed by atoms with Crippen molar-refractivity contribution in [2.75, 3.05) is 18.5 Å². The van der Waals surface area contributed by atoms with Gasteiger partial charge >= 0.3 is 0 Å². The summed E-state index contributed by atoms with van der Waals surface area (Å²) in [5.74, 6) is 0.259. The maximum absolute atomic E-state index is 11.7. The number of alkyl halides is 1. The summed E-state index contributed by atoms with van der Waals surface area (Å²) >= 11 is 3.38. The third kappa shape index (κ3) is 2.95. The molecule has 4 heteroatoms. The van der Waals surface area contributed by atoms with Crippen molar-refractivity contribution in [3.05, 3.63) is 0 Å². The van der Waals surface area contributed by atoms with Crippen molar-refractivity contribution < 1.29 is 9.53 Å². The Morgan fingerprint density at radius 1 is 1.64 bits per heavy atom. The van der Waals surface area contributed by atoms with E-state index < -0.39 is 0 Å². The smallest absolute Gasteiger partial charge is 0.222 e. The molecule has 1 saturated heterocycles. The number of amides is 1. The molecule has 1 fully saturated rings. The van der Waals surface area contributed by atoms with E-state index in [1.165, 1.54) is 0 Å². The van der Waals surface area contributed by atoms with E-state index in [1.54, 1.807) is 0 Å². The molecule has 82 valence electrons. The fourth-order valence-electron chi connectivity index (χ4n) is 1.62. The summed E-state index contributed by atoms with van der Waals surface area (Å²) in [6.07, 6.45) is 1.73. The van der Waals surface area contributed by atoms with E-state index in [2.05, 4.69) is 15.9 Å². The third-order valence-corrected chi connectivity index (χ3v) is 3.18. The Hall–Kier alpha value is -0.0900. The second-order valence-electron chi connectivity index (χ2n) is 3.75. The molecule has 1 aliphatic heterocycles. The Morgan fingerprint density at radius 2 is 2.36 bits per heavy atom. The van der Waals surface area contributed by atoms with Crippen LogP contribution in [0.15, 0.2) is 0 Å². The Balaban J connectivity index is 2.51. The zero-order valence-corrected chi connectivity index (χ0v) is 10.4. The van der Waals surface area contributed by atoms with Crippen LogP contribution in [0.1, 0.15) is 26.7 Å². The molecule has 3 nitrogen and oxygen atoms in total. The zero-order chi connectivity index (χ0) is 10.6. The normalized spacial score (nSPS) is 27.8. The van der Waals surface area contributed by atoms with Crippen LogP contribution in [0.2, 0.25) is 0 Å². The van der Waals surface area contributed by atoms with Gasteiger partial charge in [0.2, 0.25) is 5.91 Å². The van der Waals surface area contributed by atoms with Crippen LogP contribution < -0.4 is 0 Å². The van der Waals surface area contributed by atoms with Gasteiger partial charge in [0.25, 0.3) is 0 Å². The highest BCUT2D eigenvalue weighted by atomic mass is 79.9. The van der Waals surface area contributed by atoms with Crippen molar-refractivity contribution >= 4 is 21.8 Å². The first-order chi connectivity index (χ1) is 6.69. The molecule has 0 aliphatic carbocycles. The number of carbonyl (C=O) groups is 1. The van der Waals surface area contributed by atoms with Crippen LogP contribution in [0.4, 0.5) is 0 Å². The Labute approximate surface area is 93.9 Å². The molecule has 0 radical (unpaired) electrons. The summed E-state index contributed by atoms with van der Waals surface area (Å²) in [6.45, 7) is 5.46. The predicted octanol–water partition coefficient (Wildman–Crippen LogP) is 1.80. The number of morpholine rings is 1. The second kappa shape index (κ2) is 5.71.